The van der Waals surface area contributed by atoms with Gasteiger partial charge >= 0.3 is 0 Å². The summed E-state index contributed by atoms with van der Waals surface area (Å²) in [6, 6.07) is 14.8. The highest BCUT2D eigenvalue weighted by Crippen LogP contribution is 2.21. The molecule has 0 aliphatic carbocycles. The van der Waals surface area contributed by atoms with Crippen LogP contribution in [-0.2, 0) is 11.3 Å². The summed E-state index contributed by atoms with van der Waals surface area (Å²) >= 11 is 0. The lowest BCUT2D eigenvalue weighted by Gasteiger charge is -2.16. The van der Waals surface area contributed by atoms with Crippen molar-refractivity contribution in [2.45, 2.75) is 26.3 Å². The van der Waals surface area contributed by atoms with Gasteiger partial charge in [-0.1, -0.05) is 24.3 Å². The minimum Gasteiger partial charge on any atom is -0.493 e. The van der Waals surface area contributed by atoms with E-state index in [1.54, 1.807) is 12.1 Å². The normalized spacial score (nSPS) is 13.8. The van der Waals surface area contributed by atoms with Gasteiger partial charge in [-0.05, 0) is 43.2 Å². The number of benzene rings is 2. The smallest absolute Gasteiger partial charge is 0.259 e. The van der Waals surface area contributed by atoms with Crippen LogP contribution in [0.3, 0.4) is 0 Å². The van der Waals surface area contributed by atoms with Crippen LogP contribution < -0.4 is 10.1 Å². The maximum atomic E-state index is 12.6. The third kappa shape index (κ3) is 4.18. The second-order valence-corrected chi connectivity index (χ2v) is 6.00. The van der Waals surface area contributed by atoms with Gasteiger partial charge in [0.1, 0.15) is 5.75 Å². The van der Waals surface area contributed by atoms with Crippen molar-refractivity contribution in [2.24, 2.45) is 0 Å². The van der Waals surface area contributed by atoms with E-state index in [1.165, 1.54) is 0 Å². The Balaban J connectivity index is 1.71. The van der Waals surface area contributed by atoms with Gasteiger partial charge in [0.15, 0.2) is 0 Å². The number of nitrogens with one attached hydrogen (secondary N) is 1. The number of hydrogen-bond acceptors (Lipinski definition) is 3. The molecule has 2 aromatic rings. The molecule has 1 saturated heterocycles. The highest BCUT2D eigenvalue weighted by Gasteiger charge is 2.20. The maximum Gasteiger partial charge on any atom is 0.259 e. The van der Waals surface area contributed by atoms with Crippen LogP contribution in [0.2, 0.25) is 0 Å². The molecule has 1 heterocycles. The molecule has 1 aliphatic heterocycles. The SMILES string of the molecule is CCOc1ccccc1C(=O)Nc1cccc(CN2CCCC2=O)c1. The summed E-state index contributed by atoms with van der Waals surface area (Å²) in [5, 5.41) is 2.91. The van der Waals surface area contributed by atoms with E-state index < -0.39 is 0 Å². The van der Waals surface area contributed by atoms with Gasteiger partial charge in [-0.2, -0.15) is 0 Å². The summed E-state index contributed by atoms with van der Waals surface area (Å²) in [5.74, 6) is 0.555. The Bertz CT molecular complexity index is 773. The number of rotatable bonds is 6. The number of para-hydroxylation sites is 1. The predicted octanol–water partition coefficient (Wildman–Crippen LogP) is 3.46. The average Bonchev–Trinajstić information content (AvgIpc) is 3.01. The van der Waals surface area contributed by atoms with Gasteiger partial charge in [-0.15, -0.1) is 0 Å². The number of hydrogen-bond donors (Lipinski definition) is 1. The molecule has 1 aliphatic rings. The lowest BCUT2D eigenvalue weighted by Crippen LogP contribution is -2.23. The topological polar surface area (TPSA) is 58.6 Å². The molecular formula is C20H22N2O3. The molecule has 0 bridgehead atoms. The summed E-state index contributed by atoms with van der Waals surface area (Å²) in [5.41, 5.74) is 2.22. The third-order valence-electron chi connectivity index (χ3n) is 4.16. The van der Waals surface area contributed by atoms with E-state index in [-0.39, 0.29) is 11.8 Å². The summed E-state index contributed by atoms with van der Waals surface area (Å²) in [4.78, 5) is 26.2. The van der Waals surface area contributed by atoms with Gasteiger partial charge < -0.3 is 15.0 Å². The second kappa shape index (κ2) is 7.83. The number of ether oxygens (including phenoxy) is 1. The summed E-state index contributed by atoms with van der Waals surface area (Å²) in [6.07, 6.45) is 1.55. The molecule has 0 unspecified atom stereocenters. The van der Waals surface area contributed by atoms with Gasteiger partial charge in [0.05, 0.1) is 12.2 Å². The van der Waals surface area contributed by atoms with Crippen molar-refractivity contribution in [3.63, 3.8) is 0 Å². The van der Waals surface area contributed by atoms with Crippen LogP contribution in [0.1, 0.15) is 35.7 Å². The first kappa shape index (κ1) is 17.0. The van der Waals surface area contributed by atoms with Gasteiger partial charge in [-0.3, -0.25) is 9.59 Å². The molecule has 2 amide bonds. The second-order valence-electron chi connectivity index (χ2n) is 6.00. The zero-order valence-electron chi connectivity index (χ0n) is 14.3. The molecule has 1 fully saturated rings. The summed E-state index contributed by atoms with van der Waals surface area (Å²) in [6.45, 7) is 3.77. The minimum absolute atomic E-state index is 0.195. The van der Waals surface area contributed by atoms with Gasteiger partial charge in [0.25, 0.3) is 5.91 Å². The van der Waals surface area contributed by atoms with Crippen LogP contribution >= 0.6 is 0 Å². The van der Waals surface area contributed by atoms with E-state index in [0.29, 0.717) is 36.6 Å². The fourth-order valence-corrected chi connectivity index (χ4v) is 2.97. The molecule has 5 nitrogen and oxygen atoms in total. The lowest BCUT2D eigenvalue weighted by molar-refractivity contribution is -0.128. The van der Waals surface area contributed by atoms with Crippen molar-refractivity contribution in [3.05, 3.63) is 59.7 Å². The Hall–Kier alpha value is -2.82. The molecule has 25 heavy (non-hydrogen) atoms. The molecule has 5 heteroatoms. The molecule has 0 aromatic heterocycles. The summed E-state index contributed by atoms with van der Waals surface area (Å²) in [7, 11) is 0. The van der Waals surface area contributed by atoms with Gasteiger partial charge in [0.2, 0.25) is 5.91 Å². The Morgan fingerprint density at radius 1 is 1.20 bits per heavy atom. The minimum atomic E-state index is -0.210. The summed E-state index contributed by atoms with van der Waals surface area (Å²) < 4.78 is 5.52. The van der Waals surface area contributed by atoms with Crippen molar-refractivity contribution in [3.8, 4) is 5.75 Å². The molecular weight excluding hydrogens is 316 g/mol. The van der Waals surface area contributed by atoms with E-state index in [1.807, 2.05) is 48.2 Å². The van der Waals surface area contributed by atoms with Crippen LogP contribution in [0.15, 0.2) is 48.5 Å². The number of carbonyl (C=O) groups is 2. The molecule has 3 rings (SSSR count). The first-order chi connectivity index (χ1) is 12.2. The van der Waals surface area contributed by atoms with Gasteiger partial charge in [-0.25, -0.2) is 0 Å². The molecule has 130 valence electrons. The van der Waals surface area contributed by atoms with Crippen molar-refractivity contribution in [1.29, 1.82) is 0 Å². The first-order valence-electron chi connectivity index (χ1n) is 8.57. The van der Waals surface area contributed by atoms with E-state index in [9.17, 15) is 9.59 Å². The highest BCUT2D eigenvalue weighted by atomic mass is 16.5. The van der Waals surface area contributed by atoms with E-state index >= 15 is 0 Å². The molecule has 0 saturated carbocycles. The number of likely N-dealkylation sites (tertiary alicyclic amines) is 1. The Morgan fingerprint density at radius 2 is 2.04 bits per heavy atom. The number of nitrogens with zero attached hydrogens (tertiary/aromatic N) is 1. The van der Waals surface area contributed by atoms with Gasteiger partial charge in [0, 0.05) is 25.2 Å². The van der Waals surface area contributed by atoms with Crippen molar-refractivity contribution >= 4 is 17.5 Å². The van der Waals surface area contributed by atoms with Crippen molar-refractivity contribution < 1.29 is 14.3 Å². The van der Waals surface area contributed by atoms with Crippen molar-refractivity contribution in [2.75, 3.05) is 18.5 Å². The van der Waals surface area contributed by atoms with Crippen LogP contribution in [0.4, 0.5) is 5.69 Å². The van der Waals surface area contributed by atoms with Crippen LogP contribution in [0, 0.1) is 0 Å². The van der Waals surface area contributed by atoms with E-state index in [0.717, 1.165) is 18.5 Å². The standard InChI is InChI=1S/C20H22N2O3/c1-2-25-18-10-4-3-9-17(18)20(24)21-16-8-5-7-15(13-16)14-22-12-6-11-19(22)23/h3-5,7-10,13H,2,6,11-12,14H2,1H3,(H,21,24). The quantitative estimate of drug-likeness (QED) is 0.877. The third-order valence-corrected chi connectivity index (χ3v) is 4.16. The zero-order chi connectivity index (χ0) is 17.6. The average molecular weight is 338 g/mol. The number of anilines is 1. The van der Waals surface area contributed by atoms with Crippen LogP contribution in [0.25, 0.3) is 0 Å². The first-order valence-corrected chi connectivity index (χ1v) is 8.57. The monoisotopic (exact) mass is 338 g/mol. The van der Waals surface area contributed by atoms with Crippen LogP contribution in [0.5, 0.6) is 5.75 Å². The zero-order valence-corrected chi connectivity index (χ0v) is 14.3. The van der Waals surface area contributed by atoms with Crippen molar-refractivity contribution in [1.82, 2.24) is 4.90 Å². The Morgan fingerprint density at radius 3 is 2.80 bits per heavy atom. The molecule has 0 radical (unpaired) electrons. The predicted molar refractivity (Wildman–Crippen MR) is 96.7 cm³/mol. The largest absolute Gasteiger partial charge is 0.493 e. The maximum absolute atomic E-state index is 12.6. The molecule has 0 spiro atoms. The van der Waals surface area contributed by atoms with Crippen LogP contribution in [-0.4, -0.2) is 29.9 Å². The highest BCUT2D eigenvalue weighted by molar-refractivity contribution is 6.06. The Labute approximate surface area is 147 Å². The molecule has 0 atom stereocenters. The van der Waals surface area contributed by atoms with E-state index in [2.05, 4.69) is 5.32 Å². The number of amides is 2. The fraction of sp³-hybridized carbons (Fsp3) is 0.300. The molecule has 1 N–H and O–H groups in total. The molecule has 2 aromatic carbocycles. The van der Waals surface area contributed by atoms with E-state index in [4.69, 9.17) is 4.74 Å². The number of carbonyl (C=O) groups excluding carboxylic acids is 2. The fourth-order valence-electron chi connectivity index (χ4n) is 2.97. The Kier molecular flexibility index (Phi) is 5.33. The lowest BCUT2D eigenvalue weighted by atomic mass is 10.1.